The van der Waals surface area contributed by atoms with Crippen molar-refractivity contribution in [3.63, 3.8) is 0 Å². The van der Waals surface area contributed by atoms with Crippen molar-refractivity contribution >= 4 is 73.3 Å². The summed E-state index contributed by atoms with van der Waals surface area (Å²) in [5.74, 6) is -0.324. The number of anilines is 1. The number of phenolic OH excluding ortho intramolecular Hbond substituents is 1. The monoisotopic (exact) mass is 485 g/mol. The van der Waals surface area contributed by atoms with Gasteiger partial charge in [0, 0.05) is 10.0 Å². The number of aromatic hydroxyl groups is 1. The molecule has 0 aromatic heterocycles. The predicted octanol–water partition coefficient (Wildman–Crippen LogP) is 5.32. The smallest absolute Gasteiger partial charge is 0.255 e. The largest absolute Gasteiger partial charge is 0.507 e. The lowest BCUT2D eigenvalue weighted by Crippen LogP contribution is -2.12. The minimum atomic E-state index is -0.378. The number of rotatable bonds is 2. The standard InChI is InChI=1S/C13H7BrCl2INO2/c14-7-2-4-9(12(16)11(7)15)18-13(20)6-1-3-8(17)10(19)5-6/h1-5,19H,(H,18,20). The minimum absolute atomic E-state index is 0.0539. The van der Waals surface area contributed by atoms with Crippen LogP contribution in [-0.2, 0) is 0 Å². The van der Waals surface area contributed by atoms with Crippen molar-refractivity contribution in [2.45, 2.75) is 0 Å². The van der Waals surface area contributed by atoms with Crippen LogP contribution in [0.5, 0.6) is 5.75 Å². The normalized spacial score (nSPS) is 10.4. The summed E-state index contributed by atoms with van der Waals surface area (Å²) in [6.45, 7) is 0. The molecule has 0 saturated carbocycles. The van der Waals surface area contributed by atoms with E-state index in [1.807, 2.05) is 22.6 Å². The number of phenols is 1. The highest BCUT2D eigenvalue weighted by Gasteiger charge is 2.13. The third-order valence-electron chi connectivity index (χ3n) is 2.49. The molecule has 104 valence electrons. The molecule has 0 fully saturated rings. The van der Waals surface area contributed by atoms with Crippen molar-refractivity contribution in [3.8, 4) is 5.75 Å². The Morgan fingerprint density at radius 2 is 1.90 bits per heavy atom. The lowest BCUT2D eigenvalue weighted by atomic mass is 10.2. The zero-order valence-corrected chi connectivity index (χ0v) is 15.0. The molecule has 0 aliphatic heterocycles. The maximum absolute atomic E-state index is 12.1. The summed E-state index contributed by atoms with van der Waals surface area (Å²) in [6.07, 6.45) is 0. The Kier molecular flexibility index (Phi) is 5.17. The van der Waals surface area contributed by atoms with Crippen molar-refractivity contribution in [1.82, 2.24) is 0 Å². The number of amides is 1. The molecule has 0 heterocycles. The van der Waals surface area contributed by atoms with Gasteiger partial charge in [0.1, 0.15) is 5.75 Å². The Labute approximate surface area is 147 Å². The first kappa shape index (κ1) is 15.9. The van der Waals surface area contributed by atoms with Crippen molar-refractivity contribution in [2.24, 2.45) is 0 Å². The van der Waals surface area contributed by atoms with Crippen LogP contribution in [0.4, 0.5) is 5.69 Å². The molecule has 7 heteroatoms. The molecule has 0 spiro atoms. The van der Waals surface area contributed by atoms with Gasteiger partial charge in [0.2, 0.25) is 0 Å². The summed E-state index contributed by atoms with van der Waals surface area (Å²) >= 11 is 17.3. The molecule has 0 bridgehead atoms. The Morgan fingerprint density at radius 3 is 2.55 bits per heavy atom. The lowest BCUT2D eigenvalue weighted by molar-refractivity contribution is 0.102. The highest BCUT2D eigenvalue weighted by Crippen LogP contribution is 2.36. The summed E-state index contributed by atoms with van der Waals surface area (Å²) in [5.41, 5.74) is 0.737. The molecule has 0 aliphatic carbocycles. The maximum atomic E-state index is 12.1. The number of benzene rings is 2. The highest BCUT2D eigenvalue weighted by molar-refractivity contribution is 14.1. The van der Waals surface area contributed by atoms with Gasteiger partial charge in [-0.25, -0.2) is 0 Å². The fourth-order valence-electron chi connectivity index (χ4n) is 1.47. The van der Waals surface area contributed by atoms with E-state index >= 15 is 0 Å². The average Bonchev–Trinajstić information content (AvgIpc) is 2.42. The van der Waals surface area contributed by atoms with Crippen LogP contribution in [-0.4, -0.2) is 11.0 Å². The molecule has 3 nitrogen and oxygen atoms in total. The van der Waals surface area contributed by atoms with E-state index in [1.54, 1.807) is 24.3 Å². The zero-order valence-electron chi connectivity index (χ0n) is 9.75. The SMILES string of the molecule is O=C(Nc1ccc(Br)c(Cl)c1Cl)c1ccc(I)c(O)c1. The fraction of sp³-hybridized carbons (Fsp3) is 0. The van der Waals surface area contributed by atoms with E-state index in [2.05, 4.69) is 21.2 Å². The van der Waals surface area contributed by atoms with E-state index in [9.17, 15) is 9.90 Å². The third kappa shape index (κ3) is 3.39. The summed E-state index contributed by atoms with van der Waals surface area (Å²) < 4.78 is 1.32. The molecule has 2 rings (SSSR count). The molecule has 0 unspecified atom stereocenters. The van der Waals surface area contributed by atoms with Crippen LogP contribution in [0.2, 0.25) is 10.0 Å². The first-order chi connectivity index (χ1) is 9.40. The van der Waals surface area contributed by atoms with E-state index in [0.29, 0.717) is 24.3 Å². The predicted molar refractivity (Wildman–Crippen MR) is 92.9 cm³/mol. The van der Waals surface area contributed by atoms with Crippen molar-refractivity contribution in [1.29, 1.82) is 0 Å². The van der Waals surface area contributed by atoms with Crippen molar-refractivity contribution < 1.29 is 9.90 Å². The number of carbonyl (C=O) groups excluding carboxylic acids is 1. The van der Waals surface area contributed by atoms with Crippen LogP contribution in [0.25, 0.3) is 0 Å². The van der Waals surface area contributed by atoms with Crippen LogP contribution < -0.4 is 5.32 Å². The number of carbonyl (C=O) groups is 1. The second kappa shape index (κ2) is 6.51. The number of halogens is 4. The number of nitrogens with one attached hydrogen (secondary N) is 1. The Balaban J connectivity index is 2.28. The summed E-state index contributed by atoms with van der Waals surface area (Å²) in [7, 11) is 0. The average molecular weight is 487 g/mol. The van der Waals surface area contributed by atoms with Crippen molar-refractivity contribution in [2.75, 3.05) is 5.32 Å². The fourth-order valence-corrected chi connectivity index (χ4v) is 2.63. The van der Waals surface area contributed by atoms with Gasteiger partial charge in [-0.1, -0.05) is 23.2 Å². The maximum Gasteiger partial charge on any atom is 0.255 e. The Hall–Kier alpha value is -0.500. The van der Waals surface area contributed by atoms with Crippen LogP contribution in [0.15, 0.2) is 34.8 Å². The molecule has 2 aromatic carbocycles. The first-order valence-electron chi connectivity index (χ1n) is 5.33. The second-order valence-electron chi connectivity index (χ2n) is 3.84. The molecular weight excluding hydrogens is 480 g/mol. The Morgan fingerprint density at radius 1 is 1.20 bits per heavy atom. The molecular formula is C13H7BrCl2INO2. The van der Waals surface area contributed by atoms with E-state index in [1.165, 1.54) is 6.07 Å². The molecule has 20 heavy (non-hydrogen) atoms. The topological polar surface area (TPSA) is 49.3 Å². The highest BCUT2D eigenvalue weighted by atomic mass is 127. The minimum Gasteiger partial charge on any atom is -0.507 e. The number of hydrogen-bond donors (Lipinski definition) is 2. The summed E-state index contributed by atoms with van der Waals surface area (Å²) in [5, 5.41) is 12.8. The van der Waals surface area contributed by atoms with E-state index in [0.717, 1.165) is 0 Å². The van der Waals surface area contributed by atoms with Gasteiger partial charge in [0.25, 0.3) is 5.91 Å². The Bertz CT molecular complexity index is 694. The summed E-state index contributed by atoms with van der Waals surface area (Å²) in [6, 6.07) is 8.00. The van der Waals surface area contributed by atoms with Crippen LogP contribution in [0.3, 0.4) is 0 Å². The molecule has 2 N–H and O–H groups in total. The zero-order chi connectivity index (χ0) is 14.9. The molecule has 0 atom stereocenters. The van der Waals surface area contributed by atoms with Gasteiger partial charge in [-0.05, 0) is 68.9 Å². The second-order valence-corrected chi connectivity index (χ2v) is 6.62. The van der Waals surface area contributed by atoms with E-state index < -0.39 is 0 Å². The first-order valence-corrected chi connectivity index (χ1v) is 7.96. The molecule has 0 aliphatic rings. The van der Waals surface area contributed by atoms with Gasteiger partial charge in [0.15, 0.2) is 0 Å². The number of hydrogen-bond acceptors (Lipinski definition) is 2. The third-order valence-corrected chi connectivity index (χ3v) is 5.17. The van der Waals surface area contributed by atoms with Gasteiger partial charge < -0.3 is 10.4 Å². The molecule has 0 radical (unpaired) electrons. The van der Waals surface area contributed by atoms with Crippen LogP contribution in [0, 0.1) is 3.57 Å². The lowest BCUT2D eigenvalue weighted by Gasteiger charge is -2.10. The van der Waals surface area contributed by atoms with Gasteiger partial charge in [-0.2, -0.15) is 0 Å². The van der Waals surface area contributed by atoms with Gasteiger partial charge in [-0.15, -0.1) is 0 Å². The van der Waals surface area contributed by atoms with E-state index in [4.69, 9.17) is 23.2 Å². The van der Waals surface area contributed by atoms with Gasteiger partial charge in [0.05, 0.1) is 19.3 Å². The quantitative estimate of drug-likeness (QED) is 0.446. The molecule has 0 saturated heterocycles. The molecule has 2 aromatic rings. The van der Waals surface area contributed by atoms with Crippen LogP contribution in [0.1, 0.15) is 10.4 Å². The molecule has 1 amide bonds. The van der Waals surface area contributed by atoms with Crippen LogP contribution >= 0.6 is 61.7 Å². The van der Waals surface area contributed by atoms with Gasteiger partial charge >= 0.3 is 0 Å². The van der Waals surface area contributed by atoms with Gasteiger partial charge in [-0.3, -0.25) is 4.79 Å². The summed E-state index contributed by atoms with van der Waals surface area (Å²) in [4.78, 5) is 12.1. The van der Waals surface area contributed by atoms with Crippen molar-refractivity contribution in [3.05, 3.63) is 54.0 Å². The van der Waals surface area contributed by atoms with E-state index in [-0.39, 0.29) is 16.7 Å².